The van der Waals surface area contributed by atoms with Crippen LogP contribution in [0.5, 0.6) is 0 Å². The Labute approximate surface area is 110 Å². The standard InChI is InChI=1S/C11H10F3NO5/c12-11(13,14)10(19)15-8(6-1-2-20-5-6)3-7(16)4-9(17)18/h1-2,5,8H,3-4H2,(H,15,19)(H,17,18). The lowest BCUT2D eigenvalue weighted by Gasteiger charge is -2.17. The Morgan fingerprint density at radius 3 is 2.45 bits per heavy atom. The molecule has 0 aliphatic carbocycles. The molecule has 0 fully saturated rings. The molecule has 1 unspecified atom stereocenters. The first-order chi connectivity index (χ1) is 9.20. The summed E-state index contributed by atoms with van der Waals surface area (Å²) in [6.07, 6.45) is -4.29. The van der Waals surface area contributed by atoms with Crippen LogP contribution in [0.25, 0.3) is 0 Å². The van der Waals surface area contributed by atoms with Gasteiger partial charge in [-0.2, -0.15) is 13.2 Å². The van der Waals surface area contributed by atoms with Gasteiger partial charge >= 0.3 is 18.1 Å². The number of carbonyl (C=O) groups is 3. The first-order valence-electron chi connectivity index (χ1n) is 5.33. The van der Waals surface area contributed by atoms with E-state index in [4.69, 9.17) is 5.11 Å². The molecule has 0 aliphatic rings. The van der Waals surface area contributed by atoms with Gasteiger partial charge in [-0.3, -0.25) is 14.4 Å². The maximum absolute atomic E-state index is 12.2. The lowest BCUT2D eigenvalue weighted by atomic mass is 10.0. The third kappa shape index (κ3) is 4.75. The van der Waals surface area contributed by atoms with Crippen molar-refractivity contribution in [2.75, 3.05) is 0 Å². The molecule has 1 heterocycles. The van der Waals surface area contributed by atoms with Crippen LogP contribution in [0.1, 0.15) is 24.4 Å². The van der Waals surface area contributed by atoms with Crippen LogP contribution in [0.2, 0.25) is 0 Å². The highest BCUT2D eigenvalue weighted by molar-refractivity contribution is 5.95. The molecule has 1 rings (SSSR count). The summed E-state index contributed by atoms with van der Waals surface area (Å²) >= 11 is 0. The van der Waals surface area contributed by atoms with Gasteiger partial charge in [0.05, 0.1) is 18.6 Å². The highest BCUT2D eigenvalue weighted by atomic mass is 19.4. The zero-order valence-electron chi connectivity index (χ0n) is 9.94. The first-order valence-corrected chi connectivity index (χ1v) is 5.33. The molecule has 0 saturated heterocycles. The number of ketones is 1. The highest BCUT2D eigenvalue weighted by Crippen LogP contribution is 2.22. The number of amides is 1. The van der Waals surface area contributed by atoms with Gasteiger partial charge in [0.1, 0.15) is 12.2 Å². The van der Waals surface area contributed by atoms with Gasteiger partial charge in [-0.15, -0.1) is 0 Å². The van der Waals surface area contributed by atoms with Crippen LogP contribution >= 0.6 is 0 Å². The van der Waals surface area contributed by atoms with Gasteiger partial charge in [-0.1, -0.05) is 0 Å². The van der Waals surface area contributed by atoms with Crippen molar-refractivity contribution >= 4 is 17.7 Å². The van der Waals surface area contributed by atoms with Crippen LogP contribution in [0, 0.1) is 0 Å². The Morgan fingerprint density at radius 1 is 1.35 bits per heavy atom. The maximum atomic E-state index is 12.2. The molecule has 0 saturated carbocycles. The number of nitrogens with one attached hydrogen (secondary N) is 1. The minimum Gasteiger partial charge on any atom is -0.481 e. The summed E-state index contributed by atoms with van der Waals surface area (Å²) in [5.74, 6) is -4.43. The van der Waals surface area contributed by atoms with E-state index >= 15 is 0 Å². The topological polar surface area (TPSA) is 96.6 Å². The third-order valence-electron chi connectivity index (χ3n) is 2.29. The molecule has 6 nitrogen and oxygen atoms in total. The number of alkyl halides is 3. The largest absolute Gasteiger partial charge is 0.481 e. The van der Waals surface area contributed by atoms with E-state index in [0.29, 0.717) is 0 Å². The molecule has 110 valence electrons. The van der Waals surface area contributed by atoms with Gasteiger partial charge in [-0.05, 0) is 6.07 Å². The first kappa shape index (κ1) is 15.7. The monoisotopic (exact) mass is 293 g/mol. The van der Waals surface area contributed by atoms with Crippen LogP contribution in [-0.2, 0) is 14.4 Å². The summed E-state index contributed by atoms with van der Waals surface area (Å²) in [5, 5.41) is 10.1. The second-order valence-corrected chi connectivity index (χ2v) is 3.89. The Balaban J connectivity index is 2.80. The molecule has 1 amide bonds. The number of halogens is 3. The Bertz CT molecular complexity index is 495. The Kier molecular flexibility index (Phi) is 4.89. The van der Waals surface area contributed by atoms with Crippen molar-refractivity contribution in [3.63, 3.8) is 0 Å². The fourth-order valence-corrected chi connectivity index (χ4v) is 1.43. The van der Waals surface area contributed by atoms with Crippen molar-refractivity contribution in [2.24, 2.45) is 0 Å². The fourth-order valence-electron chi connectivity index (χ4n) is 1.43. The van der Waals surface area contributed by atoms with E-state index in [1.54, 1.807) is 5.32 Å². The van der Waals surface area contributed by atoms with Gasteiger partial charge < -0.3 is 14.8 Å². The van der Waals surface area contributed by atoms with E-state index in [1.165, 1.54) is 6.07 Å². The number of carboxylic acid groups (broad SMARTS) is 1. The fraction of sp³-hybridized carbons (Fsp3) is 0.364. The average molecular weight is 293 g/mol. The molecule has 1 aromatic rings. The van der Waals surface area contributed by atoms with Gasteiger partial charge in [-0.25, -0.2) is 0 Å². The minimum atomic E-state index is -5.10. The summed E-state index contributed by atoms with van der Waals surface area (Å²) < 4.78 is 41.2. The number of carbonyl (C=O) groups excluding carboxylic acids is 2. The molecule has 20 heavy (non-hydrogen) atoms. The van der Waals surface area contributed by atoms with Crippen molar-refractivity contribution in [3.05, 3.63) is 24.2 Å². The van der Waals surface area contributed by atoms with Gasteiger partial charge in [0.25, 0.3) is 0 Å². The lowest BCUT2D eigenvalue weighted by Crippen LogP contribution is -2.39. The van der Waals surface area contributed by atoms with E-state index in [9.17, 15) is 27.6 Å². The molecule has 0 spiro atoms. The molecule has 1 aromatic heterocycles. The zero-order valence-corrected chi connectivity index (χ0v) is 9.94. The van der Waals surface area contributed by atoms with Crippen LogP contribution in [0.15, 0.2) is 23.0 Å². The Morgan fingerprint density at radius 2 is 2.00 bits per heavy atom. The number of hydrogen-bond acceptors (Lipinski definition) is 4. The number of hydrogen-bond donors (Lipinski definition) is 2. The predicted molar refractivity (Wildman–Crippen MR) is 57.5 cm³/mol. The zero-order chi connectivity index (χ0) is 15.3. The van der Waals surface area contributed by atoms with E-state index < -0.39 is 42.7 Å². The quantitative estimate of drug-likeness (QED) is 0.773. The van der Waals surface area contributed by atoms with Crippen molar-refractivity contribution < 1.29 is 37.1 Å². The number of Topliss-reactive ketones (excluding diaryl/α,β-unsaturated/α-hetero) is 1. The summed E-state index contributed by atoms with van der Waals surface area (Å²) in [6, 6.07) is -0.0234. The molecule has 2 N–H and O–H groups in total. The highest BCUT2D eigenvalue weighted by Gasteiger charge is 2.40. The summed E-state index contributed by atoms with van der Waals surface area (Å²) in [5.41, 5.74) is 0.140. The normalized spacial score (nSPS) is 12.8. The van der Waals surface area contributed by atoms with E-state index in [1.807, 2.05) is 0 Å². The van der Waals surface area contributed by atoms with Crippen LogP contribution < -0.4 is 5.32 Å². The second kappa shape index (κ2) is 6.22. The van der Waals surface area contributed by atoms with Crippen LogP contribution in [-0.4, -0.2) is 28.9 Å². The molecule has 0 bridgehead atoms. The number of aliphatic carboxylic acids is 1. The molecule has 0 aromatic carbocycles. The predicted octanol–water partition coefficient (Wildman–Crippen LogP) is 1.43. The SMILES string of the molecule is O=C(O)CC(=O)CC(NC(=O)C(F)(F)F)c1ccoc1. The van der Waals surface area contributed by atoms with E-state index in [0.717, 1.165) is 12.5 Å². The summed E-state index contributed by atoms with van der Waals surface area (Å²) in [4.78, 5) is 32.6. The molecule has 1 atom stereocenters. The average Bonchev–Trinajstić information content (AvgIpc) is 2.78. The lowest BCUT2D eigenvalue weighted by molar-refractivity contribution is -0.174. The van der Waals surface area contributed by atoms with Crippen molar-refractivity contribution in [2.45, 2.75) is 25.1 Å². The maximum Gasteiger partial charge on any atom is 0.471 e. The molecule has 0 radical (unpaired) electrons. The molecular formula is C11H10F3NO5. The summed E-state index contributed by atoms with van der Waals surface area (Å²) in [6.45, 7) is 0. The molecule has 9 heteroatoms. The van der Waals surface area contributed by atoms with Gasteiger partial charge in [0.2, 0.25) is 0 Å². The van der Waals surface area contributed by atoms with Crippen LogP contribution in [0.3, 0.4) is 0 Å². The van der Waals surface area contributed by atoms with Crippen LogP contribution in [0.4, 0.5) is 13.2 Å². The number of rotatable bonds is 6. The number of furan rings is 1. The van der Waals surface area contributed by atoms with Gasteiger partial charge in [0, 0.05) is 12.0 Å². The molecule has 0 aliphatic heterocycles. The second-order valence-electron chi connectivity index (χ2n) is 3.89. The van der Waals surface area contributed by atoms with Crippen molar-refractivity contribution in [3.8, 4) is 0 Å². The van der Waals surface area contributed by atoms with E-state index in [2.05, 4.69) is 4.42 Å². The Hall–Kier alpha value is -2.32. The third-order valence-corrected chi connectivity index (χ3v) is 2.29. The summed E-state index contributed by atoms with van der Waals surface area (Å²) in [7, 11) is 0. The van der Waals surface area contributed by atoms with E-state index in [-0.39, 0.29) is 5.56 Å². The number of carboxylic acids is 1. The van der Waals surface area contributed by atoms with Crippen molar-refractivity contribution in [1.82, 2.24) is 5.32 Å². The minimum absolute atomic E-state index is 0.140. The smallest absolute Gasteiger partial charge is 0.471 e. The molecular weight excluding hydrogens is 283 g/mol. The van der Waals surface area contributed by atoms with Gasteiger partial charge in [0.15, 0.2) is 0 Å². The van der Waals surface area contributed by atoms with Crippen molar-refractivity contribution in [1.29, 1.82) is 0 Å².